The lowest BCUT2D eigenvalue weighted by Gasteiger charge is -2.18. The standard InChI is InChI=1S/C23H20O7/c1-5-7-17(16(6-2)23(25)30-27-4)22-18-10-8-14(24)12-20(18)28-21-13-15(29-26-3)9-11-19(21)22/h5-13H,1H2,2-4H3/b16-6+,17-7+. The van der Waals surface area contributed by atoms with Crippen molar-refractivity contribution >= 4 is 22.5 Å². The van der Waals surface area contributed by atoms with Gasteiger partial charge in [0, 0.05) is 28.6 Å². The van der Waals surface area contributed by atoms with Crippen LogP contribution in [0.25, 0.3) is 27.9 Å². The van der Waals surface area contributed by atoms with E-state index >= 15 is 0 Å². The third-order valence-electron chi connectivity index (χ3n) is 4.36. The molecule has 0 N–H and O–H groups in total. The Morgan fingerprint density at radius 2 is 1.90 bits per heavy atom. The highest BCUT2D eigenvalue weighted by Crippen LogP contribution is 2.40. The third-order valence-corrected chi connectivity index (χ3v) is 4.36. The molecule has 3 rings (SSSR count). The second-order valence-electron chi connectivity index (χ2n) is 6.10. The molecule has 1 aromatic carbocycles. The van der Waals surface area contributed by atoms with Gasteiger partial charge in [0.25, 0.3) is 0 Å². The van der Waals surface area contributed by atoms with Gasteiger partial charge in [0.2, 0.25) is 0 Å². The average Bonchev–Trinajstić information content (AvgIpc) is 2.72. The lowest BCUT2D eigenvalue weighted by molar-refractivity contribution is -0.250. The topological polar surface area (TPSA) is 84.2 Å². The van der Waals surface area contributed by atoms with E-state index in [1.807, 2.05) is 0 Å². The fourth-order valence-corrected chi connectivity index (χ4v) is 3.22. The molecule has 0 saturated carbocycles. The Balaban J connectivity index is 2.40. The van der Waals surface area contributed by atoms with Crippen LogP contribution in [0.2, 0.25) is 0 Å². The van der Waals surface area contributed by atoms with E-state index in [1.54, 1.807) is 49.4 Å². The van der Waals surface area contributed by atoms with Gasteiger partial charge in [0.05, 0.1) is 19.8 Å². The van der Waals surface area contributed by atoms with E-state index in [0.29, 0.717) is 39.2 Å². The number of fused-ring (bicyclic) bond motifs is 2. The second-order valence-corrected chi connectivity index (χ2v) is 6.10. The number of carbonyl (C=O) groups is 1. The summed E-state index contributed by atoms with van der Waals surface area (Å²) in [4.78, 5) is 43.6. The van der Waals surface area contributed by atoms with Crippen molar-refractivity contribution in [3.05, 3.63) is 82.6 Å². The molecule has 0 bridgehead atoms. The Labute approximate surface area is 172 Å². The van der Waals surface area contributed by atoms with E-state index in [9.17, 15) is 9.59 Å². The van der Waals surface area contributed by atoms with Crippen LogP contribution in [-0.2, 0) is 19.5 Å². The highest BCUT2D eigenvalue weighted by molar-refractivity contribution is 6.12. The van der Waals surface area contributed by atoms with Gasteiger partial charge in [-0.05, 0) is 36.8 Å². The van der Waals surface area contributed by atoms with Crippen LogP contribution in [0.4, 0.5) is 0 Å². The second kappa shape index (κ2) is 9.21. The quantitative estimate of drug-likeness (QED) is 0.188. The maximum atomic E-state index is 12.5. The van der Waals surface area contributed by atoms with Gasteiger partial charge in [-0.1, -0.05) is 24.8 Å². The third kappa shape index (κ3) is 4.03. The first-order valence-electron chi connectivity index (χ1n) is 9.00. The highest BCUT2D eigenvalue weighted by Gasteiger charge is 2.25. The summed E-state index contributed by atoms with van der Waals surface area (Å²) in [6, 6.07) is 9.58. The summed E-state index contributed by atoms with van der Waals surface area (Å²) in [5, 5.41) is 0.683. The molecular formula is C23H20O7. The van der Waals surface area contributed by atoms with Crippen LogP contribution < -0.4 is 10.3 Å². The van der Waals surface area contributed by atoms with Crippen molar-refractivity contribution in [1.29, 1.82) is 0 Å². The Kier molecular flexibility index (Phi) is 6.46. The maximum absolute atomic E-state index is 12.5. The van der Waals surface area contributed by atoms with Crippen molar-refractivity contribution in [3.63, 3.8) is 0 Å². The lowest BCUT2D eigenvalue weighted by Crippen LogP contribution is -2.10. The molecule has 0 atom stereocenters. The average molecular weight is 408 g/mol. The number of hydrogen-bond donors (Lipinski definition) is 0. The normalized spacial score (nSPS) is 12.2. The molecule has 0 aromatic heterocycles. The van der Waals surface area contributed by atoms with Crippen LogP contribution in [0.1, 0.15) is 12.5 Å². The fraction of sp³-hybridized carbons (Fsp3) is 0.130. The van der Waals surface area contributed by atoms with Crippen molar-refractivity contribution in [2.24, 2.45) is 0 Å². The Bertz CT molecular complexity index is 1180. The van der Waals surface area contributed by atoms with Gasteiger partial charge < -0.3 is 9.30 Å². The molecule has 30 heavy (non-hydrogen) atoms. The maximum Gasteiger partial charge on any atom is 0.373 e. The van der Waals surface area contributed by atoms with Crippen LogP contribution in [0, 0.1) is 0 Å². The summed E-state index contributed by atoms with van der Waals surface area (Å²) in [7, 11) is 2.64. The van der Waals surface area contributed by atoms with Crippen molar-refractivity contribution < 1.29 is 28.8 Å². The van der Waals surface area contributed by atoms with Gasteiger partial charge in [-0.15, -0.1) is 0 Å². The molecule has 0 saturated heterocycles. The molecule has 1 aliphatic carbocycles. The first-order chi connectivity index (χ1) is 14.5. The van der Waals surface area contributed by atoms with Gasteiger partial charge >= 0.3 is 5.97 Å². The van der Waals surface area contributed by atoms with E-state index in [2.05, 4.69) is 11.5 Å². The zero-order valence-corrected chi connectivity index (χ0v) is 16.8. The summed E-state index contributed by atoms with van der Waals surface area (Å²) in [5.74, 6) is 0.0942. The first-order valence-corrected chi connectivity index (χ1v) is 9.00. The zero-order valence-electron chi connectivity index (χ0n) is 16.8. The van der Waals surface area contributed by atoms with E-state index < -0.39 is 5.97 Å². The molecule has 7 nitrogen and oxygen atoms in total. The Hall–Kier alpha value is -3.68. The zero-order chi connectivity index (χ0) is 21.7. The minimum absolute atomic E-state index is 0.208. The largest absolute Gasteiger partial charge is 0.456 e. The number of benzene rings is 2. The van der Waals surface area contributed by atoms with Crippen LogP contribution in [0.3, 0.4) is 0 Å². The number of carbonyl (C=O) groups excluding carboxylic acids is 1. The summed E-state index contributed by atoms with van der Waals surface area (Å²) >= 11 is 0. The number of allylic oxidation sites excluding steroid dienone is 3. The molecule has 2 aliphatic rings. The van der Waals surface area contributed by atoms with Crippen LogP contribution in [-0.4, -0.2) is 20.2 Å². The molecular weight excluding hydrogens is 388 g/mol. The molecule has 0 spiro atoms. The summed E-state index contributed by atoms with van der Waals surface area (Å²) in [6.45, 7) is 5.47. The molecule has 7 heteroatoms. The van der Waals surface area contributed by atoms with Gasteiger partial charge in [-0.2, -0.15) is 9.78 Å². The van der Waals surface area contributed by atoms with Crippen molar-refractivity contribution in [2.75, 3.05) is 14.2 Å². The molecule has 1 heterocycles. The van der Waals surface area contributed by atoms with Gasteiger partial charge in [-0.25, -0.2) is 4.79 Å². The Morgan fingerprint density at radius 3 is 2.57 bits per heavy atom. The molecule has 1 aliphatic heterocycles. The summed E-state index contributed by atoms with van der Waals surface area (Å²) in [6.07, 6.45) is 4.86. The molecule has 0 amide bonds. The monoisotopic (exact) mass is 408 g/mol. The van der Waals surface area contributed by atoms with Crippen molar-refractivity contribution in [3.8, 4) is 17.1 Å². The van der Waals surface area contributed by atoms with Crippen LogP contribution >= 0.6 is 0 Å². The Morgan fingerprint density at radius 1 is 1.10 bits per heavy atom. The van der Waals surface area contributed by atoms with Gasteiger partial charge in [0.1, 0.15) is 11.3 Å². The fourth-order valence-electron chi connectivity index (χ4n) is 3.22. The van der Waals surface area contributed by atoms with Gasteiger partial charge in [-0.3, -0.25) is 9.68 Å². The van der Waals surface area contributed by atoms with E-state index in [-0.39, 0.29) is 11.0 Å². The summed E-state index contributed by atoms with van der Waals surface area (Å²) in [5.41, 5.74) is 2.31. The lowest BCUT2D eigenvalue weighted by atomic mass is 9.89. The van der Waals surface area contributed by atoms with Crippen molar-refractivity contribution in [2.45, 2.75) is 6.92 Å². The van der Waals surface area contributed by atoms with Crippen LogP contribution in [0.5, 0.6) is 5.75 Å². The van der Waals surface area contributed by atoms with Crippen molar-refractivity contribution in [1.82, 2.24) is 0 Å². The molecule has 1 aromatic rings. The number of rotatable bonds is 7. The SMILES string of the molecule is C=C/C=C(\C(=C/C)C(=O)OOC)c1c2ccc(=O)cc-2oc2cc(OOC)ccc12. The van der Waals surface area contributed by atoms with Crippen LogP contribution in [0.15, 0.2) is 76.0 Å². The predicted octanol–water partition coefficient (Wildman–Crippen LogP) is 4.46. The van der Waals surface area contributed by atoms with E-state index in [0.717, 1.165) is 0 Å². The smallest absolute Gasteiger partial charge is 0.373 e. The molecule has 0 unspecified atom stereocenters. The molecule has 0 radical (unpaired) electrons. The predicted molar refractivity (Wildman–Crippen MR) is 112 cm³/mol. The van der Waals surface area contributed by atoms with E-state index in [1.165, 1.54) is 26.4 Å². The van der Waals surface area contributed by atoms with E-state index in [4.69, 9.17) is 19.1 Å². The number of hydrogen-bond acceptors (Lipinski definition) is 7. The minimum Gasteiger partial charge on any atom is -0.456 e. The van der Waals surface area contributed by atoms with Gasteiger partial charge in [0.15, 0.2) is 11.2 Å². The molecule has 0 fully saturated rings. The minimum atomic E-state index is -0.671. The molecule has 154 valence electrons. The summed E-state index contributed by atoms with van der Waals surface area (Å²) < 4.78 is 5.96. The first kappa shape index (κ1) is 21.0. The highest BCUT2D eigenvalue weighted by atomic mass is 17.2.